The van der Waals surface area contributed by atoms with Crippen molar-refractivity contribution >= 4 is 51.3 Å². The maximum Gasteiger partial charge on any atom is 0.340 e. The summed E-state index contributed by atoms with van der Waals surface area (Å²) < 4.78 is 70.7. The molecule has 5 aliphatic heterocycles. The van der Waals surface area contributed by atoms with Gasteiger partial charge in [-0.25, -0.2) is 9.59 Å². The number of ether oxygens (including phenoxy) is 6. The van der Waals surface area contributed by atoms with Crippen molar-refractivity contribution in [2.75, 3.05) is 79.5 Å². The van der Waals surface area contributed by atoms with Gasteiger partial charge in [0, 0.05) is 124 Å². The molecule has 3 fully saturated rings. The fraction of sp³-hybridized carbons (Fsp3) is 0.597. The number of hydrogen-bond acceptors (Lipinski definition) is 22. The van der Waals surface area contributed by atoms with E-state index in [0.29, 0.717) is 116 Å². The zero-order chi connectivity index (χ0) is 76.3. The van der Waals surface area contributed by atoms with Gasteiger partial charge in [-0.1, -0.05) is 55.8 Å². The van der Waals surface area contributed by atoms with Crippen LogP contribution in [0.4, 0.5) is 0 Å². The molecule has 27 nitrogen and oxygen atoms in total. The van der Waals surface area contributed by atoms with Crippen LogP contribution < -0.4 is 15.4 Å². The first-order chi connectivity index (χ1) is 49.8. The summed E-state index contributed by atoms with van der Waals surface area (Å²) in [5, 5.41) is 76.8. The number of hydrogen-bond donors (Lipinski definition) is 9. The minimum Gasteiger partial charge on any atom is -0.508 e. The van der Waals surface area contributed by atoms with Crippen LogP contribution in [-0.4, -0.2) is 222 Å². The van der Waals surface area contributed by atoms with E-state index >= 15 is 0 Å². The van der Waals surface area contributed by atoms with Crippen LogP contribution >= 0.6 is 0 Å². The van der Waals surface area contributed by atoms with Crippen LogP contribution in [0, 0.1) is 35.5 Å². The molecule has 1 saturated carbocycles. The van der Waals surface area contributed by atoms with Crippen LogP contribution in [0.15, 0.2) is 95.7 Å². The summed E-state index contributed by atoms with van der Waals surface area (Å²) in [6, 6.07) is 12.2. The molecule has 15 atom stereocenters. The Balaban J connectivity index is 0.899. The van der Waals surface area contributed by atoms with Gasteiger partial charge in [0.2, 0.25) is 5.79 Å². The number of aliphatic hydroxyl groups excluding tert-OH is 3. The number of oxime groups is 1. The molecule has 1 aliphatic carbocycles. The van der Waals surface area contributed by atoms with Crippen LogP contribution in [0.5, 0.6) is 23.0 Å². The predicted octanol–water partition coefficient (Wildman–Crippen LogP) is 7.07. The molecule has 2 saturated heterocycles. The van der Waals surface area contributed by atoms with E-state index in [2.05, 4.69) is 22.4 Å². The fourth-order valence-corrected chi connectivity index (χ4v) is 16.6. The second kappa shape index (κ2) is 35.4. The van der Waals surface area contributed by atoms with Gasteiger partial charge in [0.15, 0.2) is 12.2 Å². The van der Waals surface area contributed by atoms with Gasteiger partial charge in [0.05, 0.1) is 68.1 Å². The third kappa shape index (κ3) is 19.4. The second-order valence-corrected chi connectivity index (χ2v) is 31.4. The summed E-state index contributed by atoms with van der Waals surface area (Å²) in [4.78, 5) is 92.3. The van der Waals surface area contributed by atoms with Crippen molar-refractivity contribution in [1.82, 2.24) is 15.5 Å². The molecule has 6 aliphatic rings. The lowest BCUT2D eigenvalue weighted by atomic mass is 9.77. The van der Waals surface area contributed by atoms with Crippen molar-refractivity contribution in [3.63, 3.8) is 0 Å². The Morgan fingerprint density at radius 3 is 2.13 bits per heavy atom. The van der Waals surface area contributed by atoms with E-state index in [0.717, 1.165) is 10.5 Å². The number of benzene rings is 3. The molecular weight excluding hydrogens is 1380 g/mol. The van der Waals surface area contributed by atoms with Gasteiger partial charge in [0.1, 0.15) is 41.2 Å². The highest BCUT2D eigenvalue weighted by molar-refractivity contribution is 7.85. The number of amides is 3. The molecule has 576 valence electrons. The van der Waals surface area contributed by atoms with Gasteiger partial charge >= 0.3 is 11.9 Å². The quantitative estimate of drug-likeness (QED) is 0.00871. The monoisotopic (exact) mass is 1480 g/mol. The third-order valence-electron chi connectivity index (χ3n) is 21.9. The van der Waals surface area contributed by atoms with Gasteiger partial charge in [-0.3, -0.25) is 23.7 Å². The summed E-state index contributed by atoms with van der Waals surface area (Å²) in [6.07, 6.45) is 4.71. The van der Waals surface area contributed by atoms with Gasteiger partial charge in [-0.15, -0.1) is 6.58 Å². The molecule has 1 unspecified atom stereocenters. The molecule has 1 spiro atoms. The van der Waals surface area contributed by atoms with E-state index in [1.54, 1.807) is 51.1 Å². The molecule has 28 heteroatoms. The van der Waals surface area contributed by atoms with Crippen LogP contribution in [-0.2, 0) is 63.4 Å². The Labute approximate surface area is 614 Å². The second-order valence-electron chi connectivity index (χ2n) is 29.9. The number of carbonyl (C=O) groups excluding carboxylic acids is 6. The number of piperidine rings is 1. The number of Topliss-reactive ketones (excluding diaryl/α,β-unsaturated/α-hetero) is 1. The predicted molar refractivity (Wildman–Crippen MR) is 385 cm³/mol. The smallest absolute Gasteiger partial charge is 0.340 e. The normalized spacial score (nSPS) is 29.3. The van der Waals surface area contributed by atoms with Gasteiger partial charge < -0.3 is 83.9 Å². The number of ketones is 1. The van der Waals surface area contributed by atoms with Gasteiger partial charge in [-0.2, -0.15) is 8.42 Å². The Morgan fingerprint density at radius 1 is 0.838 bits per heavy atom. The van der Waals surface area contributed by atoms with Crippen molar-refractivity contribution in [2.45, 2.75) is 179 Å². The zero-order valence-corrected chi connectivity index (χ0v) is 62.2. The molecule has 0 aromatic heterocycles. The first kappa shape index (κ1) is 81.4. The lowest BCUT2D eigenvalue weighted by Crippen LogP contribution is -2.64. The number of nitrogens with one attached hydrogen (secondary N) is 2. The maximum atomic E-state index is 14.9. The Hall–Kier alpha value is -7.64. The number of allylic oxidation sites excluding steroid dienone is 4. The maximum absolute atomic E-state index is 14.9. The fourth-order valence-electron chi connectivity index (χ4n) is 16.1. The van der Waals surface area contributed by atoms with E-state index in [-0.39, 0.29) is 97.9 Å². The Kier molecular flexibility index (Phi) is 27.4. The van der Waals surface area contributed by atoms with Crippen LogP contribution in [0.3, 0.4) is 0 Å². The highest BCUT2D eigenvalue weighted by Gasteiger charge is 2.58. The summed E-state index contributed by atoms with van der Waals surface area (Å²) in [6.45, 7) is 13.8. The molecule has 3 aromatic carbocycles. The molecule has 105 heavy (non-hydrogen) atoms. The van der Waals surface area contributed by atoms with Crippen molar-refractivity contribution in [3.8, 4) is 23.0 Å². The number of esters is 2. The number of phenols is 2. The van der Waals surface area contributed by atoms with Crippen molar-refractivity contribution in [2.24, 2.45) is 40.7 Å². The molecule has 2 bridgehead atoms. The van der Waals surface area contributed by atoms with Gasteiger partial charge in [0.25, 0.3) is 33.6 Å². The van der Waals surface area contributed by atoms with E-state index in [1.807, 2.05) is 33.0 Å². The summed E-state index contributed by atoms with van der Waals surface area (Å²) in [5.74, 6) is -10.8. The number of aliphatic hydroxyl groups is 4. The number of quaternary nitrogens is 1. The Bertz CT molecular complexity index is 3810. The van der Waals surface area contributed by atoms with Crippen molar-refractivity contribution in [3.05, 3.63) is 118 Å². The number of methoxy groups -OCH3 is 2. The largest absolute Gasteiger partial charge is 0.508 e. The lowest BCUT2D eigenvalue weighted by Gasteiger charge is -2.47. The standard InChI is InChI=1S/C77H105N5O22S/c1-10-16-51-34-45(2)33-46(3)35-66(98-8)70-67(99-9)37-48(5)77(94,103-70)71(89)73(91)81-28-12-11-17-61(81)75(93)102-69(47(4)36-50-18-25-62(86)53(38-50)43-83)49(6)63(87)42-60(51)80-100-44-68(88)78-26-13-29-82(7,31-15-32-105(95,96)97)30-14-27-79-72(90)52-19-22-57-56(39-52)74(92)104-76(57)58-23-20-54(84)40-64(58)101-65-41-55(85)21-24-59(65)76/h10,19-24,34,36,39-41,46,48-51,53,61-63,66-67,69-70,83,86-87,94H,1,11-18,25-33,35,37-38,42-44H2,2-9H3,(H4-,78,79,84,85,88,90,95,96,97)/p+1/t46-,48+,49+,50-,51+,53-,61-,62+,63-,66-,67-,69+,70+,77+,82?/m0/s1. The highest BCUT2D eigenvalue weighted by Crippen LogP contribution is 2.57. The van der Waals surface area contributed by atoms with E-state index in [9.17, 15) is 72.4 Å². The minimum absolute atomic E-state index is 0.00261. The zero-order valence-electron chi connectivity index (χ0n) is 61.4. The number of rotatable bonds is 23. The first-order valence-electron chi connectivity index (χ1n) is 36.6. The molecular formula is C77H106N5O22S+. The number of carbonyl (C=O) groups is 6. The number of fused-ring (bicyclic) bond motifs is 9. The number of phenolic OH excluding ortho intramolecular Hbond substituents is 2. The minimum atomic E-state index is -4.29. The summed E-state index contributed by atoms with van der Waals surface area (Å²) >= 11 is 0. The molecule has 3 aromatic rings. The van der Waals surface area contributed by atoms with Crippen LogP contribution in [0.2, 0.25) is 0 Å². The topological polar surface area (TPSA) is 382 Å². The number of aromatic hydroxyl groups is 2. The van der Waals surface area contributed by atoms with E-state index in [4.69, 9.17) is 33.3 Å². The van der Waals surface area contributed by atoms with Crippen LogP contribution in [0.25, 0.3) is 0 Å². The third-order valence-corrected chi connectivity index (χ3v) is 22.7. The Morgan fingerprint density at radius 2 is 1.49 bits per heavy atom. The van der Waals surface area contributed by atoms with Crippen LogP contribution in [0.1, 0.15) is 162 Å². The van der Waals surface area contributed by atoms with Crippen molar-refractivity contribution < 1.29 is 110 Å². The number of nitrogens with zero attached hydrogens (tertiary/aromatic N) is 3. The molecule has 9 N–H and O–H groups in total. The van der Waals surface area contributed by atoms with Gasteiger partial charge in [-0.05, 0) is 132 Å². The molecule has 3 amide bonds. The molecule has 9 rings (SSSR count). The summed E-state index contributed by atoms with van der Waals surface area (Å²) in [5.41, 5.74) is 1.86. The first-order valence-corrected chi connectivity index (χ1v) is 38.2. The van der Waals surface area contributed by atoms with Crippen molar-refractivity contribution in [1.29, 1.82) is 0 Å². The SMILES string of the molecule is C=CC[C@@H]1C=C(C)C[C@H](C)C[C@H](OC)[C@H]2O[C@@](O)(C(=O)C(=O)N3CCCC[C@H]3C(=O)O[C@H](C(C)=C[C@@H]3CC[C@@H](O)[C@H](CO)C3)[C@H](C)[C@@H](O)CC1=NOCC(=O)NCCC[N+](C)(CCCNC(=O)c1ccc3c(c1)C(=O)OC31c3ccc(O)cc3Oc3cc(O)ccc31)CCCS(=O)(=O)O)[C@H](C)C[C@@H]2OC. The number of cyclic esters (lactones) is 1. The summed E-state index contributed by atoms with van der Waals surface area (Å²) in [7, 11) is 0.610. The van der Waals surface area contributed by atoms with E-state index in [1.165, 1.54) is 44.6 Å². The average Bonchev–Trinajstić information content (AvgIpc) is 1.58. The molecule has 0 radical (unpaired) electrons. The lowest BCUT2D eigenvalue weighted by molar-refractivity contribution is -0.909. The molecule has 5 heterocycles. The average molecular weight is 1490 g/mol. The highest BCUT2D eigenvalue weighted by atomic mass is 32.2. The van der Waals surface area contributed by atoms with E-state index < -0.39 is 136 Å².